The average molecular weight is 248 g/mol. The summed E-state index contributed by atoms with van der Waals surface area (Å²) in [6, 6.07) is 0. The summed E-state index contributed by atoms with van der Waals surface area (Å²) in [6.07, 6.45) is 10.7. The van der Waals surface area contributed by atoms with Gasteiger partial charge in [-0.25, -0.2) is 4.79 Å². The van der Waals surface area contributed by atoms with Crippen LogP contribution < -0.4 is 0 Å². The van der Waals surface area contributed by atoms with Gasteiger partial charge in [0, 0.05) is 5.92 Å². The largest absolute Gasteiger partial charge is 0.479 e. The lowest BCUT2D eigenvalue weighted by atomic mass is 9.51. The summed E-state index contributed by atoms with van der Waals surface area (Å²) in [4.78, 5) is 11.4. The topological polar surface area (TPSA) is 46.5 Å². The van der Waals surface area contributed by atoms with Crippen molar-refractivity contribution >= 4 is 5.97 Å². The molecule has 0 aromatic carbocycles. The van der Waals surface area contributed by atoms with Gasteiger partial charge in [-0.2, -0.15) is 0 Å². The van der Waals surface area contributed by atoms with Crippen LogP contribution in [0.2, 0.25) is 0 Å². The Morgan fingerprint density at radius 3 is 2.22 bits per heavy atom. The minimum Gasteiger partial charge on any atom is -0.479 e. The van der Waals surface area contributed by atoms with E-state index in [4.69, 9.17) is 11.2 Å². The number of carboxylic acid groups (broad SMARTS) is 1. The second kappa shape index (κ2) is 4.59. The van der Waals surface area contributed by atoms with Crippen molar-refractivity contribution in [1.82, 2.24) is 0 Å². The van der Waals surface area contributed by atoms with Crippen LogP contribution in [0.3, 0.4) is 0 Å². The van der Waals surface area contributed by atoms with Gasteiger partial charge in [-0.05, 0) is 55.8 Å². The lowest BCUT2D eigenvalue weighted by molar-refractivity contribution is -0.166. The van der Waals surface area contributed by atoms with Gasteiger partial charge in [-0.1, -0.05) is 5.92 Å². The van der Waals surface area contributed by atoms with Gasteiger partial charge in [0.2, 0.25) is 0 Å². The van der Waals surface area contributed by atoms with E-state index in [2.05, 4.69) is 5.92 Å². The van der Waals surface area contributed by atoms with Crippen LogP contribution in [0.5, 0.6) is 0 Å². The number of terminal acetylenes is 1. The van der Waals surface area contributed by atoms with Gasteiger partial charge in [0.15, 0.2) is 6.10 Å². The first-order valence-electron chi connectivity index (χ1n) is 6.97. The fourth-order valence-electron chi connectivity index (χ4n) is 4.95. The maximum atomic E-state index is 11.4. The Bertz CT molecular complexity index is 354. The number of hydrogen-bond donors (Lipinski definition) is 1. The molecule has 98 valence electrons. The zero-order valence-electron chi connectivity index (χ0n) is 10.5. The van der Waals surface area contributed by atoms with Crippen LogP contribution in [0, 0.1) is 41.9 Å². The first kappa shape index (κ1) is 12.0. The monoisotopic (exact) mass is 248 g/mol. The van der Waals surface area contributed by atoms with Crippen LogP contribution in [0.4, 0.5) is 0 Å². The van der Waals surface area contributed by atoms with Crippen molar-refractivity contribution in [2.75, 3.05) is 6.61 Å². The van der Waals surface area contributed by atoms with E-state index in [-0.39, 0.29) is 12.5 Å². The summed E-state index contributed by atoms with van der Waals surface area (Å²) >= 11 is 0. The number of aliphatic carboxylic acids is 1. The molecule has 1 N–H and O–H groups in total. The zero-order valence-corrected chi connectivity index (χ0v) is 10.5. The molecular weight excluding hydrogens is 228 g/mol. The Morgan fingerprint density at radius 1 is 1.22 bits per heavy atom. The van der Waals surface area contributed by atoms with E-state index in [0.29, 0.717) is 11.8 Å². The van der Waals surface area contributed by atoms with Crippen LogP contribution in [0.1, 0.15) is 32.1 Å². The third kappa shape index (κ3) is 1.93. The molecule has 0 aromatic heterocycles. The van der Waals surface area contributed by atoms with E-state index in [9.17, 15) is 9.90 Å². The Kier molecular flexibility index (Phi) is 3.07. The molecule has 4 saturated carbocycles. The van der Waals surface area contributed by atoms with Crippen LogP contribution in [0.25, 0.3) is 0 Å². The van der Waals surface area contributed by atoms with Crippen molar-refractivity contribution in [1.29, 1.82) is 0 Å². The molecule has 0 aliphatic heterocycles. The standard InChI is InChI=1S/C15H20O3/c1-2-3-18-14(15(16)17)13-11-5-9-4-10(7-11)8-12(13)6-9/h1,9-14H,3-8H2,(H,16,17). The Balaban J connectivity index is 1.78. The second-order valence-corrected chi connectivity index (χ2v) is 6.28. The van der Waals surface area contributed by atoms with E-state index in [1.165, 1.54) is 32.1 Å². The maximum Gasteiger partial charge on any atom is 0.333 e. The lowest BCUT2D eigenvalue weighted by Crippen LogP contribution is -2.52. The third-order valence-electron chi connectivity index (χ3n) is 5.24. The molecule has 4 fully saturated rings. The zero-order chi connectivity index (χ0) is 12.7. The summed E-state index contributed by atoms with van der Waals surface area (Å²) in [5, 5.41) is 9.39. The van der Waals surface area contributed by atoms with E-state index in [1.807, 2.05) is 0 Å². The highest BCUT2D eigenvalue weighted by molar-refractivity contribution is 5.73. The predicted octanol–water partition coefficient (Wildman–Crippen LogP) is 2.16. The molecule has 0 amide bonds. The van der Waals surface area contributed by atoms with E-state index in [1.54, 1.807) is 0 Å². The number of carboxylic acids is 1. The summed E-state index contributed by atoms with van der Waals surface area (Å²) in [7, 11) is 0. The highest BCUT2D eigenvalue weighted by Gasteiger charge is 2.52. The molecule has 0 heterocycles. The smallest absolute Gasteiger partial charge is 0.333 e. The predicted molar refractivity (Wildman–Crippen MR) is 66.7 cm³/mol. The van der Waals surface area contributed by atoms with Crippen molar-refractivity contribution in [3.63, 3.8) is 0 Å². The summed E-state index contributed by atoms with van der Waals surface area (Å²) in [5.74, 6) is 4.57. The molecule has 4 bridgehead atoms. The molecular formula is C15H20O3. The van der Waals surface area contributed by atoms with Crippen molar-refractivity contribution in [2.45, 2.75) is 38.2 Å². The summed E-state index contributed by atoms with van der Waals surface area (Å²) in [6.45, 7) is 0.111. The second-order valence-electron chi connectivity index (χ2n) is 6.28. The molecule has 0 radical (unpaired) electrons. The van der Waals surface area contributed by atoms with Crippen LogP contribution in [-0.4, -0.2) is 23.8 Å². The van der Waals surface area contributed by atoms with Crippen LogP contribution >= 0.6 is 0 Å². The molecule has 3 nitrogen and oxygen atoms in total. The lowest BCUT2D eigenvalue weighted by Gasteiger charge is -2.55. The molecule has 0 aromatic rings. The minimum absolute atomic E-state index is 0.111. The third-order valence-corrected chi connectivity index (χ3v) is 5.24. The highest BCUT2D eigenvalue weighted by Crippen LogP contribution is 2.57. The van der Waals surface area contributed by atoms with Gasteiger partial charge < -0.3 is 9.84 Å². The van der Waals surface area contributed by atoms with Gasteiger partial charge in [-0.3, -0.25) is 0 Å². The molecule has 4 aliphatic carbocycles. The van der Waals surface area contributed by atoms with Gasteiger partial charge in [0.25, 0.3) is 0 Å². The SMILES string of the molecule is C#CCOC(C(=O)O)C1C2CC3CC(C2)CC1C3. The highest BCUT2D eigenvalue weighted by atomic mass is 16.5. The number of carbonyl (C=O) groups is 1. The minimum atomic E-state index is -0.831. The average Bonchev–Trinajstić information content (AvgIpc) is 2.31. The van der Waals surface area contributed by atoms with E-state index >= 15 is 0 Å². The van der Waals surface area contributed by atoms with Crippen molar-refractivity contribution in [3.8, 4) is 12.3 Å². The fraction of sp³-hybridized carbons (Fsp3) is 0.800. The molecule has 4 aliphatic rings. The summed E-state index contributed by atoms with van der Waals surface area (Å²) in [5.41, 5.74) is 0. The first-order valence-corrected chi connectivity index (χ1v) is 6.97. The van der Waals surface area contributed by atoms with Crippen molar-refractivity contribution in [3.05, 3.63) is 0 Å². The van der Waals surface area contributed by atoms with Gasteiger partial charge >= 0.3 is 5.97 Å². The van der Waals surface area contributed by atoms with E-state index < -0.39 is 12.1 Å². The van der Waals surface area contributed by atoms with Gasteiger partial charge in [0.1, 0.15) is 6.61 Å². The number of ether oxygens (including phenoxy) is 1. The molecule has 4 rings (SSSR count). The number of hydrogen-bond acceptors (Lipinski definition) is 2. The van der Waals surface area contributed by atoms with Gasteiger partial charge in [0.05, 0.1) is 0 Å². The molecule has 3 heteroatoms. The van der Waals surface area contributed by atoms with E-state index in [0.717, 1.165) is 11.8 Å². The quantitative estimate of drug-likeness (QED) is 0.775. The van der Waals surface area contributed by atoms with Crippen molar-refractivity contribution < 1.29 is 14.6 Å². The maximum absolute atomic E-state index is 11.4. The van der Waals surface area contributed by atoms with Crippen LogP contribution in [0.15, 0.2) is 0 Å². The Hall–Kier alpha value is -1.01. The normalized spacial score (nSPS) is 42.5. The first-order chi connectivity index (χ1) is 8.69. The van der Waals surface area contributed by atoms with Crippen LogP contribution in [-0.2, 0) is 9.53 Å². The summed E-state index contributed by atoms with van der Waals surface area (Å²) < 4.78 is 5.44. The molecule has 0 spiro atoms. The fourth-order valence-corrected chi connectivity index (χ4v) is 4.95. The van der Waals surface area contributed by atoms with Gasteiger partial charge in [-0.15, -0.1) is 6.42 Å². The Labute approximate surface area is 108 Å². The van der Waals surface area contributed by atoms with Crippen molar-refractivity contribution in [2.24, 2.45) is 29.6 Å². The number of rotatable bonds is 4. The molecule has 0 saturated heterocycles. The Morgan fingerprint density at radius 2 is 1.78 bits per heavy atom. The molecule has 1 atom stereocenters. The molecule has 1 unspecified atom stereocenters. The molecule has 18 heavy (non-hydrogen) atoms.